The molecule has 0 aliphatic rings. The van der Waals surface area contributed by atoms with Crippen LogP contribution in [0, 0.1) is 13.8 Å². The fourth-order valence-corrected chi connectivity index (χ4v) is 2.82. The molecule has 3 rings (SSSR count). The van der Waals surface area contributed by atoms with Gasteiger partial charge in [-0.25, -0.2) is 4.98 Å². The van der Waals surface area contributed by atoms with Crippen LogP contribution >= 0.6 is 0 Å². The van der Waals surface area contributed by atoms with Crippen molar-refractivity contribution in [1.29, 1.82) is 0 Å². The van der Waals surface area contributed by atoms with E-state index in [1.54, 1.807) is 13.0 Å². The van der Waals surface area contributed by atoms with Crippen molar-refractivity contribution < 1.29 is 9.32 Å². The van der Waals surface area contributed by atoms with Crippen molar-refractivity contribution in [1.82, 2.24) is 14.7 Å². The van der Waals surface area contributed by atoms with Gasteiger partial charge in [0.2, 0.25) is 5.91 Å². The minimum absolute atomic E-state index is 0.127. The Kier molecular flexibility index (Phi) is 3.90. The van der Waals surface area contributed by atoms with Gasteiger partial charge in [-0.1, -0.05) is 11.2 Å². The molecule has 0 aliphatic heterocycles. The van der Waals surface area contributed by atoms with Crippen LogP contribution in [-0.4, -0.2) is 20.6 Å². The first-order valence-corrected chi connectivity index (χ1v) is 7.64. The van der Waals surface area contributed by atoms with Gasteiger partial charge in [-0.2, -0.15) is 0 Å². The number of nitrogens with zero attached hydrogens (tertiary/aromatic N) is 3. The minimum atomic E-state index is -0.127. The number of aryl methyl sites for hydroxylation is 2. The van der Waals surface area contributed by atoms with Crippen LogP contribution in [0.25, 0.3) is 11.0 Å². The fraction of sp³-hybridized carbons (Fsp3) is 0.353. The molecule has 0 spiro atoms. The lowest BCUT2D eigenvalue weighted by atomic mass is 10.1. The Morgan fingerprint density at radius 2 is 2.09 bits per heavy atom. The quantitative estimate of drug-likeness (QED) is 0.801. The summed E-state index contributed by atoms with van der Waals surface area (Å²) in [6.45, 7) is 8.05. The van der Waals surface area contributed by atoms with Crippen molar-refractivity contribution >= 4 is 22.8 Å². The molecular weight excluding hydrogens is 292 g/mol. The van der Waals surface area contributed by atoms with Crippen molar-refractivity contribution in [3.63, 3.8) is 0 Å². The third kappa shape index (κ3) is 3.11. The van der Waals surface area contributed by atoms with E-state index in [2.05, 4.69) is 33.9 Å². The van der Waals surface area contributed by atoms with E-state index in [9.17, 15) is 4.79 Å². The third-order valence-electron chi connectivity index (χ3n) is 3.71. The maximum Gasteiger partial charge on any atom is 0.230 e. The Bertz CT molecular complexity index is 861. The lowest BCUT2D eigenvalue weighted by Crippen LogP contribution is -2.14. The molecule has 0 atom stereocenters. The molecule has 2 aromatic heterocycles. The van der Waals surface area contributed by atoms with Gasteiger partial charge in [-0.15, -0.1) is 0 Å². The van der Waals surface area contributed by atoms with Gasteiger partial charge in [-0.05, 0) is 45.4 Å². The molecule has 1 aromatic carbocycles. The number of hydrogen-bond donors (Lipinski definition) is 1. The molecule has 6 nitrogen and oxygen atoms in total. The number of carbonyl (C=O) groups is 1. The van der Waals surface area contributed by atoms with Crippen LogP contribution in [0.5, 0.6) is 0 Å². The summed E-state index contributed by atoms with van der Waals surface area (Å²) in [5, 5.41) is 6.48. The molecule has 1 amide bonds. The highest BCUT2D eigenvalue weighted by Gasteiger charge is 2.12. The van der Waals surface area contributed by atoms with Gasteiger partial charge in [0.25, 0.3) is 0 Å². The molecule has 0 saturated heterocycles. The molecule has 3 aromatic rings. The summed E-state index contributed by atoms with van der Waals surface area (Å²) in [5.74, 6) is 1.96. The van der Waals surface area contributed by atoms with Gasteiger partial charge in [0.15, 0.2) is 5.82 Å². The fourth-order valence-electron chi connectivity index (χ4n) is 2.82. The second-order valence-corrected chi connectivity index (χ2v) is 5.99. The largest absolute Gasteiger partial charge is 0.360 e. The monoisotopic (exact) mass is 312 g/mol. The second-order valence-electron chi connectivity index (χ2n) is 5.99. The van der Waals surface area contributed by atoms with E-state index in [0.29, 0.717) is 17.6 Å². The molecule has 1 N–H and O–H groups in total. The second kappa shape index (κ2) is 5.87. The van der Waals surface area contributed by atoms with E-state index in [0.717, 1.165) is 22.4 Å². The number of aromatic nitrogens is 3. The Hall–Kier alpha value is -2.63. The summed E-state index contributed by atoms with van der Waals surface area (Å²) in [6, 6.07) is 8.00. The number of rotatable bonds is 4. The molecule has 0 fully saturated rings. The maximum atomic E-state index is 12.1. The van der Waals surface area contributed by atoms with E-state index in [1.807, 2.05) is 25.1 Å². The summed E-state index contributed by atoms with van der Waals surface area (Å²) in [6.07, 6.45) is 0.273. The number of nitrogens with one attached hydrogen (secondary N) is 1. The van der Waals surface area contributed by atoms with E-state index < -0.39 is 0 Å². The summed E-state index contributed by atoms with van der Waals surface area (Å²) in [4.78, 5) is 16.7. The number of benzene rings is 1. The first kappa shape index (κ1) is 15.3. The Morgan fingerprint density at radius 1 is 1.30 bits per heavy atom. The zero-order valence-corrected chi connectivity index (χ0v) is 13.8. The van der Waals surface area contributed by atoms with Crippen molar-refractivity contribution in [3.8, 4) is 0 Å². The Labute approximate surface area is 134 Å². The molecule has 0 unspecified atom stereocenters. The van der Waals surface area contributed by atoms with E-state index >= 15 is 0 Å². The lowest BCUT2D eigenvalue weighted by Gasteiger charge is -2.10. The number of amides is 1. The van der Waals surface area contributed by atoms with Gasteiger partial charge in [-0.3, -0.25) is 4.79 Å². The predicted octanol–water partition coefficient (Wildman–Crippen LogP) is 3.40. The number of hydrogen-bond acceptors (Lipinski definition) is 4. The van der Waals surface area contributed by atoms with Crippen LogP contribution in [0.3, 0.4) is 0 Å². The molecule has 120 valence electrons. The summed E-state index contributed by atoms with van der Waals surface area (Å²) < 4.78 is 7.13. The number of carbonyl (C=O) groups excluding carboxylic acids is 1. The standard InChI is InChI=1S/C17H20N4O2/c1-10(2)21-12(4)18-14-8-13(5-6-15(14)21)9-17(22)19-16-7-11(3)23-20-16/h5-8,10H,9H2,1-4H3,(H,19,20,22). The number of imidazole rings is 1. The van der Waals surface area contributed by atoms with Crippen LogP contribution in [-0.2, 0) is 11.2 Å². The number of anilines is 1. The zero-order valence-electron chi connectivity index (χ0n) is 13.8. The van der Waals surface area contributed by atoms with Crippen LogP contribution < -0.4 is 5.32 Å². The third-order valence-corrected chi connectivity index (χ3v) is 3.71. The first-order valence-electron chi connectivity index (χ1n) is 7.64. The summed E-state index contributed by atoms with van der Waals surface area (Å²) >= 11 is 0. The average molecular weight is 312 g/mol. The van der Waals surface area contributed by atoms with Crippen LogP contribution in [0.1, 0.15) is 37.0 Å². The van der Waals surface area contributed by atoms with Gasteiger partial charge in [0.05, 0.1) is 17.5 Å². The molecule has 0 bridgehead atoms. The molecule has 23 heavy (non-hydrogen) atoms. The zero-order chi connectivity index (χ0) is 16.6. The highest BCUT2D eigenvalue weighted by atomic mass is 16.5. The van der Waals surface area contributed by atoms with E-state index in [1.165, 1.54) is 0 Å². The molecule has 0 radical (unpaired) electrons. The van der Waals surface area contributed by atoms with Crippen LogP contribution in [0.15, 0.2) is 28.8 Å². The Morgan fingerprint density at radius 3 is 2.74 bits per heavy atom. The van der Waals surface area contributed by atoms with Crippen LogP contribution in [0.2, 0.25) is 0 Å². The van der Waals surface area contributed by atoms with E-state index in [-0.39, 0.29) is 12.3 Å². The SMILES string of the molecule is Cc1cc(NC(=O)Cc2ccc3c(c2)nc(C)n3C(C)C)no1. The summed E-state index contributed by atoms with van der Waals surface area (Å²) in [5.41, 5.74) is 2.93. The number of fused-ring (bicyclic) bond motifs is 1. The first-order chi connectivity index (χ1) is 10.9. The maximum absolute atomic E-state index is 12.1. The van der Waals surface area contributed by atoms with Crippen LogP contribution in [0.4, 0.5) is 5.82 Å². The summed E-state index contributed by atoms with van der Waals surface area (Å²) in [7, 11) is 0. The highest BCUT2D eigenvalue weighted by molar-refractivity contribution is 5.92. The Balaban J connectivity index is 1.79. The lowest BCUT2D eigenvalue weighted by molar-refractivity contribution is -0.115. The smallest absolute Gasteiger partial charge is 0.230 e. The van der Waals surface area contributed by atoms with Crippen molar-refractivity contribution in [2.24, 2.45) is 0 Å². The van der Waals surface area contributed by atoms with Gasteiger partial charge < -0.3 is 14.4 Å². The van der Waals surface area contributed by atoms with Crippen molar-refractivity contribution in [3.05, 3.63) is 41.4 Å². The molecular formula is C17H20N4O2. The molecule has 2 heterocycles. The van der Waals surface area contributed by atoms with Gasteiger partial charge in [0, 0.05) is 12.1 Å². The van der Waals surface area contributed by atoms with Crippen molar-refractivity contribution in [2.45, 2.75) is 40.2 Å². The average Bonchev–Trinajstić information content (AvgIpc) is 3.00. The van der Waals surface area contributed by atoms with Crippen molar-refractivity contribution in [2.75, 3.05) is 5.32 Å². The van der Waals surface area contributed by atoms with Gasteiger partial charge >= 0.3 is 0 Å². The van der Waals surface area contributed by atoms with E-state index in [4.69, 9.17) is 4.52 Å². The molecule has 6 heteroatoms. The normalized spacial score (nSPS) is 11.3. The minimum Gasteiger partial charge on any atom is -0.360 e. The molecule has 0 saturated carbocycles. The predicted molar refractivity (Wildman–Crippen MR) is 88.4 cm³/mol. The van der Waals surface area contributed by atoms with Gasteiger partial charge in [0.1, 0.15) is 11.6 Å². The topological polar surface area (TPSA) is 73.0 Å². The molecule has 0 aliphatic carbocycles. The highest BCUT2D eigenvalue weighted by Crippen LogP contribution is 2.22.